The predicted octanol–water partition coefficient (Wildman–Crippen LogP) is 4.28. The molecule has 0 radical (unpaired) electrons. The zero-order valence-electron chi connectivity index (χ0n) is 7.69. The third kappa shape index (κ3) is 2.72. The number of hydrogen-bond donors (Lipinski definition) is 0. The largest absolute Gasteiger partial charge is 0.0885 e. The van der Waals surface area contributed by atoms with Gasteiger partial charge in [0.25, 0.3) is 0 Å². The van der Waals surface area contributed by atoms with Gasteiger partial charge in [-0.3, -0.25) is 0 Å². The molecule has 0 aromatic carbocycles. The first kappa shape index (κ1) is 12.5. The standard InChI is InChI=1S/C11H10Cl2.Zr/c12-10-5-1-3-8(10)7-9-4-2-6-11(9)13;/h1-4H,5-7H2;. The molecule has 14 heavy (non-hydrogen) atoms. The van der Waals surface area contributed by atoms with E-state index < -0.39 is 0 Å². The summed E-state index contributed by atoms with van der Waals surface area (Å²) in [5, 5.41) is 1.91. The molecule has 72 valence electrons. The van der Waals surface area contributed by atoms with E-state index in [2.05, 4.69) is 24.3 Å². The van der Waals surface area contributed by atoms with Crippen LogP contribution in [-0.2, 0) is 26.2 Å². The first-order valence-corrected chi connectivity index (χ1v) is 5.11. The van der Waals surface area contributed by atoms with Crippen LogP contribution in [0.1, 0.15) is 19.3 Å². The molecule has 2 rings (SSSR count). The second kappa shape index (κ2) is 5.49. The summed E-state index contributed by atoms with van der Waals surface area (Å²) in [5.41, 5.74) is 2.42. The summed E-state index contributed by atoms with van der Waals surface area (Å²) >= 11 is 12.1. The van der Waals surface area contributed by atoms with Crippen LogP contribution in [-0.4, -0.2) is 0 Å². The maximum absolute atomic E-state index is 6.03. The molecule has 0 spiro atoms. The van der Waals surface area contributed by atoms with Crippen LogP contribution in [0, 0.1) is 0 Å². The molecular weight excluding hydrogens is 294 g/mol. The first-order valence-electron chi connectivity index (χ1n) is 4.35. The van der Waals surface area contributed by atoms with Crippen molar-refractivity contribution in [3.8, 4) is 0 Å². The van der Waals surface area contributed by atoms with Crippen LogP contribution >= 0.6 is 23.2 Å². The molecule has 0 nitrogen and oxygen atoms in total. The molecule has 0 N–H and O–H groups in total. The van der Waals surface area contributed by atoms with Crippen LogP contribution in [0.2, 0.25) is 0 Å². The number of rotatable bonds is 2. The molecule has 0 saturated heterocycles. The Balaban J connectivity index is 0.000000980. The maximum atomic E-state index is 6.03. The Kier molecular flexibility index (Phi) is 4.90. The molecular formula is C11H10Cl2Zr. The van der Waals surface area contributed by atoms with Gasteiger partial charge in [0.05, 0.1) is 0 Å². The topological polar surface area (TPSA) is 0 Å². The predicted molar refractivity (Wildman–Crippen MR) is 57.9 cm³/mol. The smallest absolute Gasteiger partial charge is 0.0253 e. The molecule has 0 unspecified atom stereocenters. The molecule has 0 heterocycles. The Hall–Kier alpha value is 0.423. The molecule has 0 fully saturated rings. The van der Waals surface area contributed by atoms with Gasteiger partial charge in [-0.25, -0.2) is 0 Å². The van der Waals surface area contributed by atoms with E-state index in [0.717, 1.165) is 29.3 Å². The van der Waals surface area contributed by atoms with Crippen molar-refractivity contribution in [2.24, 2.45) is 0 Å². The molecule has 2 aliphatic carbocycles. The van der Waals surface area contributed by atoms with Gasteiger partial charge in [-0.05, 0) is 17.6 Å². The minimum absolute atomic E-state index is 0. The van der Waals surface area contributed by atoms with E-state index in [9.17, 15) is 0 Å². The van der Waals surface area contributed by atoms with Gasteiger partial charge in [0.2, 0.25) is 0 Å². The Morgan fingerprint density at radius 1 is 0.929 bits per heavy atom. The van der Waals surface area contributed by atoms with Crippen LogP contribution in [0.3, 0.4) is 0 Å². The fraction of sp³-hybridized carbons (Fsp3) is 0.273. The Labute approximate surface area is 113 Å². The summed E-state index contributed by atoms with van der Waals surface area (Å²) in [7, 11) is 0. The number of allylic oxidation sites excluding steroid dienone is 8. The van der Waals surface area contributed by atoms with Crippen molar-refractivity contribution in [3.05, 3.63) is 45.5 Å². The second-order valence-electron chi connectivity index (χ2n) is 3.25. The van der Waals surface area contributed by atoms with Gasteiger partial charge < -0.3 is 0 Å². The Bertz CT molecular complexity index is 314. The van der Waals surface area contributed by atoms with Gasteiger partial charge in [-0.2, -0.15) is 0 Å². The summed E-state index contributed by atoms with van der Waals surface area (Å²) in [5.74, 6) is 0. The van der Waals surface area contributed by atoms with E-state index in [4.69, 9.17) is 23.2 Å². The van der Waals surface area contributed by atoms with Crippen molar-refractivity contribution in [1.29, 1.82) is 0 Å². The van der Waals surface area contributed by atoms with Gasteiger partial charge in [0.1, 0.15) is 0 Å². The first-order chi connectivity index (χ1) is 6.27. The van der Waals surface area contributed by atoms with Crippen LogP contribution in [0.4, 0.5) is 0 Å². The van der Waals surface area contributed by atoms with Crippen LogP contribution in [0.15, 0.2) is 45.5 Å². The molecule has 2 aliphatic rings. The van der Waals surface area contributed by atoms with Crippen molar-refractivity contribution in [3.63, 3.8) is 0 Å². The molecule has 3 heteroatoms. The SMILES string of the molecule is ClC1=C(CC2=C(Cl)CC=C2)C=CC1.[Zr]. The van der Waals surface area contributed by atoms with E-state index >= 15 is 0 Å². The normalized spacial score (nSPS) is 19.6. The molecule has 0 aliphatic heterocycles. The maximum Gasteiger partial charge on any atom is 0.0253 e. The average Bonchev–Trinajstić information content (AvgIpc) is 2.65. The van der Waals surface area contributed by atoms with Gasteiger partial charge in [-0.1, -0.05) is 47.5 Å². The zero-order chi connectivity index (χ0) is 9.26. The van der Waals surface area contributed by atoms with Crippen molar-refractivity contribution in [2.75, 3.05) is 0 Å². The minimum atomic E-state index is 0. The van der Waals surface area contributed by atoms with Crippen molar-refractivity contribution in [2.45, 2.75) is 19.3 Å². The summed E-state index contributed by atoms with van der Waals surface area (Å²) in [6.07, 6.45) is 11.0. The van der Waals surface area contributed by atoms with E-state index in [1.807, 2.05) is 0 Å². The van der Waals surface area contributed by atoms with Gasteiger partial charge in [-0.15, -0.1) is 0 Å². The zero-order valence-corrected chi connectivity index (χ0v) is 11.7. The molecule has 0 bridgehead atoms. The van der Waals surface area contributed by atoms with E-state index in [1.54, 1.807) is 0 Å². The van der Waals surface area contributed by atoms with Gasteiger partial charge in [0.15, 0.2) is 0 Å². The quantitative estimate of drug-likeness (QED) is 0.714. The van der Waals surface area contributed by atoms with Crippen molar-refractivity contribution in [1.82, 2.24) is 0 Å². The van der Waals surface area contributed by atoms with E-state index in [-0.39, 0.29) is 26.2 Å². The summed E-state index contributed by atoms with van der Waals surface area (Å²) in [6, 6.07) is 0. The third-order valence-corrected chi connectivity index (χ3v) is 3.10. The van der Waals surface area contributed by atoms with E-state index in [0.29, 0.717) is 0 Å². The minimum Gasteiger partial charge on any atom is -0.0885 e. The molecule has 0 saturated carbocycles. The van der Waals surface area contributed by atoms with Crippen LogP contribution < -0.4 is 0 Å². The third-order valence-electron chi connectivity index (χ3n) is 2.31. The summed E-state index contributed by atoms with van der Waals surface area (Å²) in [4.78, 5) is 0. The monoisotopic (exact) mass is 302 g/mol. The number of halogens is 2. The van der Waals surface area contributed by atoms with Crippen molar-refractivity contribution < 1.29 is 26.2 Å². The number of hydrogen-bond acceptors (Lipinski definition) is 0. The molecule has 0 atom stereocenters. The Morgan fingerprint density at radius 2 is 1.36 bits per heavy atom. The van der Waals surface area contributed by atoms with Crippen LogP contribution in [0.5, 0.6) is 0 Å². The second-order valence-corrected chi connectivity index (χ2v) is 4.16. The van der Waals surface area contributed by atoms with Gasteiger partial charge in [0, 0.05) is 49.1 Å². The fourth-order valence-electron chi connectivity index (χ4n) is 1.57. The van der Waals surface area contributed by atoms with Gasteiger partial charge >= 0.3 is 0 Å². The molecule has 0 amide bonds. The molecule has 0 aromatic heterocycles. The van der Waals surface area contributed by atoms with Crippen molar-refractivity contribution >= 4 is 23.2 Å². The molecule has 0 aromatic rings. The van der Waals surface area contributed by atoms with E-state index in [1.165, 1.54) is 11.1 Å². The summed E-state index contributed by atoms with van der Waals surface area (Å²) < 4.78 is 0. The fourth-order valence-corrected chi connectivity index (χ4v) is 2.00. The average molecular weight is 304 g/mol. The van der Waals surface area contributed by atoms with Crippen LogP contribution in [0.25, 0.3) is 0 Å². The summed E-state index contributed by atoms with van der Waals surface area (Å²) in [6.45, 7) is 0. The Morgan fingerprint density at radius 3 is 1.64 bits per heavy atom.